The van der Waals surface area contributed by atoms with Crippen molar-refractivity contribution in [2.75, 3.05) is 0 Å². The quantitative estimate of drug-likeness (QED) is 0.577. The number of hydrogen-bond donors (Lipinski definition) is 0. The number of hydrogen-bond acceptors (Lipinski definition) is 0. The molecule has 112 valence electrons. The highest BCUT2D eigenvalue weighted by Crippen LogP contribution is 2.40. The SMILES string of the molecule is C=C1C/C(=C\C2=CC=C(c3ccc(C)cc3C)C2)C(=C)C1C. The van der Waals surface area contributed by atoms with Gasteiger partial charge in [0.25, 0.3) is 0 Å². The van der Waals surface area contributed by atoms with Gasteiger partial charge < -0.3 is 0 Å². The van der Waals surface area contributed by atoms with E-state index in [2.05, 4.69) is 70.4 Å². The van der Waals surface area contributed by atoms with E-state index in [1.807, 2.05) is 0 Å². The van der Waals surface area contributed by atoms with Crippen LogP contribution in [0.3, 0.4) is 0 Å². The fourth-order valence-electron chi connectivity index (χ4n) is 3.41. The van der Waals surface area contributed by atoms with E-state index in [-0.39, 0.29) is 0 Å². The summed E-state index contributed by atoms with van der Waals surface area (Å²) < 4.78 is 0. The van der Waals surface area contributed by atoms with Gasteiger partial charge >= 0.3 is 0 Å². The van der Waals surface area contributed by atoms with E-state index < -0.39 is 0 Å². The summed E-state index contributed by atoms with van der Waals surface area (Å²) in [4.78, 5) is 0. The van der Waals surface area contributed by atoms with Gasteiger partial charge in [-0.1, -0.05) is 67.6 Å². The van der Waals surface area contributed by atoms with E-state index in [1.54, 1.807) is 0 Å². The highest BCUT2D eigenvalue weighted by molar-refractivity contribution is 5.75. The second-order valence-corrected chi connectivity index (χ2v) is 6.68. The minimum absolute atomic E-state index is 0.431. The summed E-state index contributed by atoms with van der Waals surface area (Å²) in [5, 5.41) is 0. The Kier molecular flexibility index (Phi) is 3.78. The van der Waals surface area contributed by atoms with Crippen molar-refractivity contribution in [2.24, 2.45) is 5.92 Å². The van der Waals surface area contributed by atoms with Gasteiger partial charge in [-0.05, 0) is 60.1 Å². The molecular weight excluding hydrogens is 264 g/mol. The second kappa shape index (κ2) is 5.61. The summed E-state index contributed by atoms with van der Waals surface area (Å²) >= 11 is 0. The summed E-state index contributed by atoms with van der Waals surface area (Å²) in [5.41, 5.74) is 10.7. The first-order chi connectivity index (χ1) is 10.5. The number of benzene rings is 1. The van der Waals surface area contributed by atoms with Crippen LogP contribution in [0.15, 0.2) is 71.9 Å². The molecule has 1 fully saturated rings. The van der Waals surface area contributed by atoms with Crippen molar-refractivity contribution in [3.8, 4) is 0 Å². The molecule has 22 heavy (non-hydrogen) atoms. The lowest BCUT2D eigenvalue weighted by atomic mass is 9.96. The third-order valence-corrected chi connectivity index (χ3v) is 4.95. The smallest absolute Gasteiger partial charge is 0.00174 e. The molecule has 0 bridgehead atoms. The van der Waals surface area contributed by atoms with Crippen molar-refractivity contribution in [1.82, 2.24) is 0 Å². The van der Waals surface area contributed by atoms with Crippen molar-refractivity contribution in [3.05, 3.63) is 88.6 Å². The highest BCUT2D eigenvalue weighted by Gasteiger charge is 2.23. The lowest BCUT2D eigenvalue weighted by molar-refractivity contribution is 0.868. The molecular formula is C22H24. The van der Waals surface area contributed by atoms with Crippen LogP contribution in [0.4, 0.5) is 0 Å². The molecule has 0 radical (unpaired) electrons. The Hall–Kier alpha value is -2.08. The first-order valence-corrected chi connectivity index (χ1v) is 8.00. The fourth-order valence-corrected chi connectivity index (χ4v) is 3.41. The van der Waals surface area contributed by atoms with Gasteiger partial charge in [-0.25, -0.2) is 0 Å². The Morgan fingerprint density at radius 3 is 2.50 bits per heavy atom. The Morgan fingerprint density at radius 1 is 1.09 bits per heavy atom. The molecule has 0 heteroatoms. The predicted molar refractivity (Wildman–Crippen MR) is 96.7 cm³/mol. The van der Waals surface area contributed by atoms with Crippen molar-refractivity contribution in [2.45, 2.75) is 33.6 Å². The third-order valence-electron chi connectivity index (χ3n) is 4.95. The van der Waals surface area contributed by atoms with Crippen LogP contribution in [-0.2, 0) is 0 Å². The van der Waals surface area contributed by atoms with Crippen molar-refractivity contribution < 1.29 is 0 Å². The van der Waals surface area contributed by atoms with Gasteiger partial charge in [0, 0.05) is 5.92 Å². The molecule has 0 spiro atoms. The van der Waals surface area contributed by atoms with Crippen LogP contribution in [0.5, 0.6) is 0 Å². The normalized spacial score (nSPS) is 23.2. The van der Waals surface area contributed by atoms with E-state index in [1.165, 1.54) is 44.6 Å². The van der Waals surface area contributed by atoms with Crippen molar-refractivity contribution in [1.29, 1.82) is 0 Å². The van der Waals surface area contributed by atoms with Gasteiger partial charge in [-0.15, -0.1) is 0 Å². The topological polar surface area (TPSA) is 0 Å². The lowest BCUT2D eigenvalue weighted by Crippen LogP contribution is -1.90. The van der Waals surface area contributed by atoms with Gasteiger partial charge in [-0.3, -0.25) is 0 Å². The molecule has 1 aromatic rings. The molecule has 0 saturated heterocycles. The van der Waals surface area contributed by atoms with Crippen LogP contribution < -0.4 is 0 Å². The first kappa shape index (κ1) is 14.8. The summed E-state index contributed by atoms with van der Waals surface area (Å²) in [6, 6.07) is 6.71. The highest BCUT2D eigenvalue weighted by atomic mass is 14.3. The molecule has 3 rings (SSSR count). The number of aryl methyl sites for hydroxylation is 2. The zero-order valence-electron chi connectivity index (χ0n) is 13.9. The zero-order valence-corrected chi connectivity index (χ0v) is 13.9. The minimum atomic E-state index is 0.431. The largest absolute Gasteiger partial charge is 0.0989 e. The van der Waals surface area contributed by atoms with E-state index in [9.17, 15) is 0 Å². The standard InChI is InChI=1S/C22H24/c1-14-6-9-22(16(3)10-14)20-8-7-19(12-20)13-21-11-15(2)17(4)18(21)5/h6-10,13,17H,2,5,11-12H2,1,3-4H3/b21-13+. The van der Waals surface area contributed by atoms with E-state index in [0.29, 0.717) is 5.92 Å². The second-order valence-electron chi connectivity index (χ2n) is 6.68. The van der Waals surface area contributed by atoms with Gasteiger partial charge in [0.05, 0.1) is 0 Å². The van der Waals surface area contributed by atoms with Gasteiger partial charge in [0.2, 0.25) is 0 Å². The van der Waals surface area contributed by atoms with Crippen LogP contribution in [0.2, 0.25) is 0 Å². The van der Waals surface area contributed by atoms with E-state index in [0.717, 1.165) is 12.8 Å². The average molecular weight is 288 g/mol. The molecule has 1 aromatic carbocycles. The molecule has 1 saturated carbocycles. The molecule has 0 heterocycles. The summed E-state index contributed by atoms with van der Waals surface area (Å²) in [6.45, 7) is 14.9. The average Bonchev–Trinajstić information content (AvgIpc) is 3.01. The van der Waals surface area contributed by atoms with Gasteiger partial charge in [0.15, 0.2) is 0 Å². The Morgan fingerprint density at radius 2 is 1.86 bits per heavy atom. The molecule has 2 aliphatic rings. The Bertz CT molecular complexity index is 750. The summed E-state index contributed by atoms with van der Waals surface area (Å²) in [7, 11) is 0. The Labute approximate surface area is 134 Å². The van der Waals surface area contributed by atoms with E-state index >= 15 is 0 Å². The molecule has 1 unspecified atom stereocenters. The monoisotopic (exact) mass is 288 g/mol. The van der Waals surface area contributed by atoms with Crippen LogP contribution in [0, 0.1) is 19.8 Å². The summed E-state index contributed by atoms with van der Waals surface area (Å²) in [6.07, 6.45) is 8.84. The number of rotatable bonds is 2. The molecule has 2 aliphatic carbocycles. The maximum atomic E-state index is 4.24. The molecule has 0 aliphatic heterocycles. The van der Waals surface area contributed by atoms with Crippen LogP contribution in [-0.4, -0.2) is 0 Å². The maximum Gasteiger partial charge on any atom is 0.00174 e. The molecule has 0 amide bonds. The Balaban J connectivity index is 1.77. The molecule has 1 atom stereocenters. The summed E-state index contributed by atoms with van der Waals surface area (Å²) in [5.74, 6) is 0.431. The first-order valence-electron chi connectivity index (χ1n) is 8.00. The zero-order chi connectivity index (χ0) is 15.9. The lowest BCUT2D eigenvalue weighted by Gasteiger charge is -2.09. The fraction of sp³-hybridized carbons (Fsp3) is 0.273. The molecule has 0 N–H and O–H groups in total. The van der Waals surface area contributed by atoms with Gasteiger partial charge in [-0.2, -0.15) is 0 Å². The molecule has 0 aromatic heterocycles. The third kappa shape index (κ3) is 2.66. The van der Waals surface area contributed by atoms with E-state index in [4.69, 9.17) is 0 Å². The van der Waals surface area contributed by atoms with Crippen LogP contribution >= 0.6 is 0 Å². The van der Waals surface area contributed by atoms with Gasteiger partial charge in [0.1, 0.15) is 0 Å². The van der Waals surface area contributed by atoms with Crippen molar-refractivity contribution in [3.63, 3.8) is 0 Å². The maximum absolute atomic E-state index is 4.24. The van der Waals surface area contributed by atoms with Crippen molar-refractivity contribution >= 4 is 5.57 Å². The molecule has 0 nitrogen and oxygen atoms in total. The minimum Gasteiger partial charge on any atom is -0.0989 e. The van der Waals surface area contributed by atoms with Crippen LogP contribution in [0.1, 0.15) is 36.5 Å². The predicted octanol–water partition coefficient (Wildman–Crippen LogP) is 6.10. The number of allylic oxidation sites excluding steroid dienone is 8. The van der Waals surface area contributed by atoms with Crippen LogP contribution in [0.25, 0.3) is 5.57 Å².